The van der Waals surface area contributed by atoms with Gasteiger partial charge in [-0.05, 0) is 38.0 Å². The molecule has 3 fully saturated rings. The smallest absolute Gasteiger partial charge is 0.0806 e. The Morgan fingerprint density at radius 1 is 1.06 bits per heavy atom. The number of hydrogen-bond donors (Lipinski definition) is 1. The molecule has 16 heavy (non-hydrogen) atoms. The van der Waals surface area contributed by atoms with Crippen LogP contribution in [0, 0.1) is 5.92 Å². The first-order valence-corrected chi connectivity index (χ1v) is 7.24. The largest absolute Gasteiger partial charge is 0.374 e. The zero-order valence-electron chi connectivity index (χ0n) is 10.3. The predicted octanol–water partition coefficient (Wildman–Crippen LogP) is 2.87. The van der Waals surface area contributed by atoms with Crippen LogP contribution in [-0.4, -0.2) is 24.8 Å². The van der Waals surface area contributed by atoms with Gasteiger partial charge in [-0.2, -0.15) is 0 Å². The lowest BCUT2D eigenvalue weighted by Gasteiger charge is -2.30. The van der Waals surface area contributed by atoms with Gasteiger partial charge in [0.2, 0.25) is 0 Å². The maximum Gasteiger partial charge on any atom is 0.0806 e. The standard InChI is InChI=1S/C14H25NO/c1-2-9-14(8-1,11-15-13-5-6-13)16-10-7-12-3-4-12/h12-13,15H,1-11H2. The molecule has 0 amide bonds. The van der Waals surface area contributed by atoms with Crippen LogP contribution in [0.25, 0.3) is 0 Å². The molecule has 3 aliphatic carbocycles. The minimum atomic E-state index is 0.220. The molecule has 0 aromatic rings. The molecule has 0 saturated heterocycles. The molecule has 3 saturated carbocycles. The van der Waals surface area contributed by atoms with Crippen LogP contribution >= 0.6 is 0 Å². The Morgan fingerprint density at radius 2 is 1.81 bits per heavy atom. The molecule has 3 aliphatic rings. The predicted molar refractivity (Wildman–Crippen MR) is 65.5 cm³/mol. The van der Waals surface area contributed by atoms with E-state index in [0.29, 0.717) is 0 Å². The lowest BCUT2D eigenvalue weighted by atomic mass is 10.0. The highest BCUT2D eigenvalue weighted by Crippen LogP contribution is 2.36. The summed E-state index contributed by atoms with van der Waals surface area (Å²) in [7, 11) is 0. The van der Waals surface area contributed by atoms with E-state index in [9.17, 15) is 0 Å². The molecule has 0 aliphatic heterocycles. The molecule has 0 aromatic carbocycles. The fourth-order valence-electron chi connectivity index (χ4n) is 2.86. The summed E-state index contributed by atoms with van der Waals surface area (Å²) in [5, 5.41) is 3.67. The highest BCUT2D eigenvalue weighted by Gasteiger charge is 2.36. The first-order chi connectivity index (χ1) is 7.86. The molecule has 0 radical (unpaired) electrons. The van der Waals surface area contributed by atoms with Gasteiger partial charge in [0.1, 0.15) is 0 Å². The highest BCUT2D eigenvalue weighted by atomic mass is 16.5. The second-order valence-corrected chi connectivity index (χ2v) is 6.13. The number of rotatable bonds is 7. The van der Waals surface area contributed by atoms with E-state index in [1.54, 1.807) is 0 Å². The maximum atomic E-state index is 6.26. The van der Waals surface area contributed by atoms with Crippen LogP contribution in [0.3, 0.4) is 0 Å². The Morgan fingerprint density at radius 3 is 2.44 bits per heavy atom. The van der Waals surface area contributed by atoms with Gasteiger partial charge in [0.25, 0.3) is 0 Å². The van der Waals surface area contributed by atoms with E-state index in [-0.39, 0.29) is 5.60 Å². The van der Waals surface area contributed by atoms with Gasteiger partial charge in [0.15, 0.2) is 0 Å². The number of ether oxygens (including phenoxy) is 1. The third-order valence-electron chi connectivity index (χ3n) is 4.44. The first-order valence-electron chi connectivity index (χ1n) is 7.24. The molecule has 2 nitrogen and oxygen atoms in total. The normalized spacial score (nSPS) is 28.5. The minimum absolute atomic E-state index is 0.220. The van der Waals surface area contributed by atoms with E-state index in [1.807, 2.05) is 0 Å². The fourth-order valence-corrected chi connectivity index (χ4v) is 2.86. The summed E-state index contributed by atoms with van der Waals surface area (Å²) in [4.78, 5) is 0. The summed E-state index contributed by atoms with van der Waals surface area (Å²) >= 11 is 0. The monoisotopic (exact) mass is 223 g/mol. The first kappa shape index (κ1) is 11.0. The van der Waals surface area contributed by atoms with E-state index in [0.717, 1.165) is 25.1 Å². The van der Waals surface area contributed by atoms with Crippen LogP contribution in [0.2, 0.25) is 0 Å². The van der Waals surface area contributed by atoms with Crippen LogP contribution in [0.15, 0.2) is 0 Å². The average molecular weight is 223 g/mol. The van der Waals surface area contributed by atoms with Crippen molar-refractivity contribution in [1.82, 2.24) is 5.32 Å². The van der Waals surface area contributed by atoms with E-state index < -0.39 is 0 Å². The van der Waals surface area contributed by atoms with Crippen molar-refractivity contribution in [2.75, 3.05) is 13.2 Å². The van der Waals surface area contributed by atoms with Crippen molar-refractivity contribution in [1.29, 1.82) is 0 Å². The van der Waals surface area contributed by atoms with Crippen molar-refractivity contribution >= 4 is 0 Å². The molecule has 0 spiro atoms. The zero-order valence-corrected chi connectivity index (χ0v) is 10.3. The van der Waals surface area contributed by atoms with Crippen molar-refractivity contribution < 1.29 is 4.74 Å². The van der Waals surface area contributed by atoms with Crippen LogP contribution in [0.5, 0.6) is 0 Å². The van der Waals surface area contributed by atoms with E-state index in [4.69, 9.17) is 4.74 Å². The Balaban J connectivity index is 1.43. The van der Waals surface area contributed by atoms with Crippen LogP contribution in [0.4, 0.5) is 0 Å². The summed E-state index contributed by atoms with van der Waals surface area (Å²) < 4.78 is 6.26. The third kappa shape index (κ3) is 2.98. The molecular weight excluding hydrogens is 198 g/mol. The Labute approximate surface area is 99.1 Å². The molecule has 3 rings (SSSR count). The summed E-state index contributed by atoms with van der Waals surface area (Å²) in [6, 6.07) is 0.824. The van der Waals surface area contributed by atoms with Crippen molar-refractivity contribution in [2.45, 2.75) is 69.4 Å². The van der Waals surface area contributed by atoms with Gasteiger partial charge in [0.05, 0.1) is 5.60 Å². The Kier molecular flexibility index (Phi) is 3.21. The van der Waals surface area contributed by atoms with Gasteiger partial charge >= 0.3 is 0 Å². The zero-order chi connectivity index (χ0) is 10.8. The van der Waals surface area contributed by atoms with Gasteiger partial charge < -0.3 is 10.1 Å². The van der Waals surface area contributed by atoms with Crippen LogP contribution in [0.1, 0.15) is 57.8 Å². The quantitative estimate of drug-likeness (QED) is 0.716. The summed E-state index contributed by atoms with van der Waals surface area (Å²) in [5.41, 5.74) is 0.220. The molecule has 0 unspecified atom stereocenters. The van der Waals surface area contributed by atoms with Crippen LogP contribution < -0.4 is 5.32 Å². The van der Waals surface area contributed by atoms with Gasteiger partial charge in [0, 0.05) is 19.2 Å². The van der Waals surface area contributed by atoms with Gasteiger partial charge in [-0.25, -0.2) is 0 Å². The third-order valence-corrected chi connectivity index (χ3v) is 4.44. The number of nitrogens with one attached hydrogen (secondary N) is 1. The molecular formula is C14H25NO. The molecule has 0 aromatic heterocycles. The molecule has 92 valence electrons. The average Bonchev–Trinajstić information content (AvgIpc) is 3.19. The van der Waals surface area contributed by atoms with Crippen molar-refractivity contribution in [3.63, 3.8) is 0 Å². The lowest BCUT2D eigenvalue weighted by molar-refractivity contribution is -0.0418. The summed E-state index contributed by atoms with van der Waals surface area (Å²) in [6.07, 6.45) is 12.3. The topological polar surface area (TPSA) is 21.3 Å². The number of hydrogen-bond acceptors (Lipinski definition) is 2. The second-order valence-electron chi connectivity index (χ2n) is 6.13. The van der Waals surface area contributed by atoms with E-state index in [1.165, 1.54) is 57.8 Å². The molecule has 0 heterocycles. The lowest BCUT2D eigenvalue weighted by Crippen LogP contribution is -2.41. The summed E-state index contributed by atoms with van der Waals surface area (Å²) in [6.45, 7) is 2.12. The minimum Gasteiger partial charge on any atom is -0.374 e. The van der Waals surface area contributed by atoms with Crippen molar-refractivity contribution in [2.24, 2.45) is 5.92 Å². The Hall–Kier alpha value is -0.0800. The van der Waals surface area contributed by atoms with E-state index >= 15 is 0 Å². The molecule has 0 bridgehead atoms. The highest BCUT2D eigenvalue weighted by molar-refractivity contribution is 4.92. The van der Waals surface area contributed by atoms with Crippen LogP contribution in [-0.2, 0) is 4.74 Å². The second kappa shape index (κ2) is 4.66. The maximum absolute atomic E-state index is 6.26. The molecule has 0 atom stereocenters. The summed E-state index contributed by atoms with van der Waals surface area (Å²) in [5.74, 6) is 1.01. The fraction of sp³-hybridized carbons (Fsp3) is 1.00. The van der Waals surface area contributed by atoms with Gasteiger partial charge in [-0.3, -0.25) is 0 Å². The van der Waals surface area contributed by atoms with E-state index in [2.05, 4.69) is 5.32 Å². The van der Waals surface area contributed by atoms with Gasteiger partial charge in [-0.15, -0.1) is 0 Å². The SMILES string of the molecule is C1CCC(CNC2CC2)(OCCC2CC2)C1. The van der Waals surface area contributed by atoms with Gasteiger partial charge in [-0.1, -0.05) is 25.7 Å². The Bertz CT molecular complexity index is 227. The van der Waals surface area contributed by atoms with Crippen molar-refractivity contribution in [3.05, 3.63) is 0 Å². The molecule has 1 N–H and O–H groups in total. The molecule has 2 heteroatoms. The van der Waals surface area contributed by atoms with Crippen molar-refractivity contribution in [3.8, 4) is 0 Å².